The monoisotopic (exact) mass is 364 g/mol. The van der Waals surface area contributed by atoms with Crippen molar-refractivity contribution in [1.29, 1.82) is 0 Å². The summed E-state index contributed by atoms with van der Waals surface area (Å²) in [5.74, 6) is 1.00. The number of fused-ring (bicyclic) bond motifs is 1. The molecular weight excluding hydrogens is 336 g/mol. The second-order valence-electron chi connectivity index (χ2n) is 8.41. The minimum Gasteiger partial charge on any atom is -0.353 e. The zero-order valence-corrected chi connectivity index (χ0v) is 16.7. The van der Waals surface area contributed by atoms with Gasteiger partial charge in [0.1, 0.15) is 12.1 Å². The van der Waals surface area contributed by atoms with E-state index in [2.05, 4.69) is 69.9 Å². The molecule has 1 saturated heterocycles. The molecule has 6 nitrogen and oxygen atoms in total. The van der Waals surface area contributed by atoms with Crippen LogP contribution in [-0.2, 0) is 19.0 Å². The average Bonchev–Trinajstić information content (AvgIpc) is 3.04. The highest BCUT2D eigenvalue weighted by molar-refractivity contribution is 5.86. The third-order valence-electron chi connectivity index (χ3n) is 5.41. The number of aromatic nitrogens is 4. The zero-order chi connectivity index (χ0) is 19.0. The molecule has 3 aromatic rings. The van der Waals surface area contributed by atoms with Gasteiger partial charge in [0.05, 0.1) is 11.6 Å². The Balaban J connectivity index is 1.40. The van der Waals surface area contributed by atoms with Gasteiger partial charge in [0, 0.05) is 39.8 Å². The molecule has 27 heavy (non-hydrogen) atoms. The molecule has 0 spiro atoms. The predicted octanol–water partition coefficient (Wildman–Crippen LogP) is 2.98. The molecule has 0 unspecified atom stereocenters. The SMILES string of the molecule is Cn1ncc2c(N3CCN(Cc4ccc(C(C)(C)C)cc4)CC3)ncnc21. The summed E-state index contributed by atoms with van der Waals surface area (Å²) in [4.78, 5) is 13.7. The Bertz CT molecular complexity index is 914. The van der Waals surface area contributed by atoms with Crippen LogP contribution in [0.15, 0.2) is 36.8 Å². The Hall–Kier alpha value is -2.47. The number of anilines is 1. The summed E-state index contributed by atoms with van der Waals surface area (Å²) in [6, 6.07) is 9.09. The van der Waals surface area contributed by atoms with Gasteiger partial charge < -0.3 is 4.90 Å². The molecule has 1 aliphatic rings. The molecule has 1 fully saturated rings. The van der Waals surface area contributed by atoms with E-state index in [0.29, 0.717) is 0 Å². The Labute approximate surface area is 160 Å². The second kappa shape index (κ2) is 6.93. The van der Waals surface area contributed by atoms with Crippen LogP contribution in [0.1, 0.15) is 31.9 Å². The maximum absolute atomic E-state index is 4.53. The van der Waals surface area contributed by atoms with Gasteiger partial charge in [0.15, 0.2) is 5.65 Å². The maximum Gasteiger partial charge on any atom is 0.163 e. The molecule has 0 atom stereocenters. The van der Waals surface area contributed by atoms with E-state index in [9.17, 15) is 0 Å². The van der Waals surface area contributed by atoms with E-state index >= 15 is 0 Å². The Morgan fingerprint density at radius 1 is 0.963 bits per heavy atom. The van der Waals surface area contributed by atoms with Gasteiger partial charge in [-0.1, -0.05) is 45.0 Å². The number of aryl methyl sites for hydroxylation is 1. The molecule has 0 N–H and O–H groups in total. The minimum absolute atomic E-state index is 0.208. The van der Waals surface area contributed by atoms with Gasteiger partial charge in [0.2, 0.25) is 0 Å². The quantitative estimate of drug-likeness (QED) is 0.715. The van der Waals surface area contributed by atoms with Crippen LogP contribution < -0.4 is 4.90 Å². The molecule has 142 valence electrons. The predicted molar refractivity (Wildman–Crippen MR) is 109 cm³/mol. The van der Waals surface area contributed by atoms with E-state index in [0.717, 1.165) is 49.6 Å². The van der Waals surface area contributed by atoms with Gasteiger partial charge in [-0.25, -0.2) is 9.97 Å². The fourth-order valence-corrected chi connectivity index (χ4v) is 3.69. The first-order chi connectivity index (χ1) is 12.9. The van der Waals surface area contributed by atoms with Crippen LogP contribution in [-0.4, -0.2) is 50.8 Å². The fraction of sp³-hybridized carbons (Fsp3) is 0.476. The lowest BCUT2D eigenvalue weighted by Crippen LogP contribution is -2.46. The Morgan fingerprint density at radius 2 is 1.67 bits per heavy atom. The highest BCUT2D eigenvalue weighted by atomic mass is 15.3. The molecule has 1 aliphatic heterocycles. The smallest absolute Gasteiger partial charge is 0.163 e. The topological polar surface area (TPSA) is 50.1 Å². The van der Waals surface area contributed by atoms with E-state index in [1.165, 1.54) is 11.1 Å². The number of hydrogen-bond donors (Lipinski definition) is 0. The van der Waals surface area contributed by atoms with E-state index < -0.39 is 0 Å². The summed E-state index contributed by atoms with van der Waals surface area (Å²) in [5.41, 5.74) is 3.87. The molecule has 0 saturated carbocycles. The van der Waals surface area contributed by atoms with Crippen molar-refractivity contribution in [3.8, 4) is 0 Å². The van der Waals surface area contributed by atoms with Crippen molar-refractivity contribution in [3.63, 3.8) is 0 Å². The van der Waals surface area contributed by atoms with E-state index in [1.54, 1.807) is 11.0 Å². The number of rotatable bonds is 3. The molecule has 4 rings (SSSR count). The van der Waals surface area contributed by atoms with Crippen molar-refractivity contribution >= 4 is 16.9 Å². The summed E-state index contributed by atoms with van der Waals surface area (Å²) in [7, 11) is 1.92. The van der Waals surface area contributed by atoms with Crippen LogP contribution in [0.5, 0.6) is 0 Å². The average molecular weight is 364 g/mol. The van der Waals surface area contributed by atoms with Crippen LogP contribution in [0.25, 0.3) is 11.0 Å². The van der Waals surface area contributed by atoms with Crippen molar-refractivity contribution < 1.29 is 0 Å². The van der Waals surface area contributed by atoms with Gasteiger partial charge in [-0.2, -0.15) is 5.10 Å². The van der Waals surface area contributed by atoms with Crippen LogP contribution in [0.4, 0.5) is 5.82 Å². The van der Waals surface area contributed by atoms with Crippen molar-refractivity contribution in [1.82, 2.24) is 24.6 Å². The minimum atomic E-state index is 0.208. The molecule has 0 amide bonds. The number of piperazine rings is 1. The van der Waals surface area contributed by atoms with Gasteiger partial charge in [-0.05, 0) is 16.5 Å². The molecule has 2 aromatic heterocycles. The van der Waals surface area contributed by atoms with Crippen LogP contribution in [0.3, 0.4) is 0 Å². The first-order valence-corrected chi connectivity index (χ1v) is 9.61. The van der Waals surface area contributed by atoms with Crippen molar-refractivity contribution in [2.75, 3.05) is 31.1 Å². The van der Waals surface area contributed by atoms with Crippen LogP contribution in [0.2, 0.25) is 0 Å². The standard InChI is InChI=1S/C21H28N6/c1-21(2,3)17-7-5-16(6-8-17)14-26-9-11-27(12-10-26)20-18-13-24-25(4)19(18)22-15-23-20/h5-8,13,15H,9-12,14H2,1-4H3. The Kier molecular flexibility index (Phi) is 4.60. The molecule has 1 aromatic carbocycles. The van der Waals surface area contributed by atoms with E-state index in [1.807, 2.05) is 13.2 Å². The van der Waals surface area contributed by atoms with E-state index in [4.69, 9.17) is 0 Å². The summed E-state index contributed by atoms with van der Waals surface area (Å²) in [6.07, 6.45) is 3.51. The van der Waals surface area contributed by atoms with Crippen molar-refractivity contribution in [2.24, 2.45) is 7.05 Å². The number of nitrogens with zero attached hydrogens (tertiary/aromatic N) is 6. The highest BCUT2D eigenvalue weighted by Gasteiger charge is 2.21. The summed E-state index contributed by atoms with van der Waals surface area (Å²) < 4.78 is 1.80. The van der Waals surface area contributed by atoms with Gasteiger partial charge >= 0.3 is 0 Å². The first kappa shape index (κ1) is 17.9. The first-order valence-electron chi connectivity index (χ1n) is 9.61. The summed E-state index contributed by atoms with van der Waals surface area (Å²) in [6.45, 7) is 11.8. The highest BCUT2D eigenvalue weighted by Crippen LogP contribution is 2.25. The van der Waals surface area contributed by atoms with Crippen molar-refractivity contribution in [3.05, 3.63) is 47.9 Å². The second-order valence-corrected chi connectivity index (χ2v) is 8.41. The largest absolute Gasteiger partial charge is 0.353 e. The number of benzene rings is 1. The molecule has 0 bridgehead atoms. The van der Waals surface area contributed by atoms with E-state index in [-0.39, 0.29) is 5.41 Å². The fourth-order valence-electron chi connectivity index (χ4n) is 3.69. The lowest BCUT2D eigenvalue weighted by Gasteiger charge is -2.35. The van der Waals surface area contributed by atoms with Crippen LogP contribution >= 0.6 is 0 Å². The summed E-state index contributed by atoms with van der Waals surface area (Å²) in [5, 5.41) is 5.36. The lowest BCUT2D eigenvalue weighted by molar-refractivity contribution is 0.249. The third-order valence-corrected chi connectivity index (χ3v) is 5.41. The number of hydrogen-bond acceptors (Lipinski definition) is 5. The van der Waals surface area contributed by atoms with Crippen molar-refractivity contribution in [2.45, 2.75) is 32.7 Å². The zero-order valence-electron chi connectivity index (χ0n) is 16.7. The third kappa shape index (κ3) is 3.67. The van der Waals surface area contributed by atoms with Gasteiger partial charge in [-0.3, -0.25) is 9.58 Å². The maximum atomic E-state index is 4.53. The van der Waals surface area contributed by atoms with Gasteiger partial charge in [-0.15, -0.1) is 0 Å². The Morgan fingerprint density at radius 3 is 2.33 bits per heavy atom. The lowest BCUT2D eigenvalue weighted by atomic mass is 9.87. The molecule has 3 heterocycles. The molecule has 0 aliphatic carbocycles. The molecule has 0 radical (unpaired) electrons. The van der Waals surface area contributed by atoms with Crippen LogP contribution in [0, 0.1) is 0 Å². The summed E-state index contributed by atoms with van der Waals surface area (Å²) >= 11 is 0. The van der Waals surface area contributed by atoms with Gasteiger partial charge in [0.25, 0.3) is 0 Å². The molecular formula is C21H28N6. The normalized spacial score (nSPS) is 16.2. The molecule has 6 heteroatoms.